The molecule has 2 aromatic rings. The van der Waals surface area contributed by atoms with Crippen molar-refractivity contribution in [2.45, 2.75) is 0 Å². The molecule has 0 bridgehead atoms. The number of H-pyrrole nitrogens is 1. The molecule has 3 rings (SSSR count). The molecule has 0 saturated heterocycles. The summed E-state index contributed by atoms with van der Waals surface area (Å²) < 4.78 is 5.06. The Kier molecular flexibility index (Phi) is 2.22. The number of rotatable bonds is 1. The lowest BCUT2D eigenvalue weighted by Crippen LogP contribution is -2.05. The number of nitrogens with zero attached hydrogens (tertiary/aromatic N) is 2. The van der Waals surface area contributed by atoms with Gasteiger partial charge in [-0.05, 0) is 18.2 Å². The molecule has 0 saturated carbocycles. The van der Waals surface area contributed by atoms with Gasteiger partial charge in [-0.15, -0.1) is 0 Å². The van der Waals surface area contributed by atoms with Crippen molar-refractivity contribution in [1.82, 2.24) is 15.0 Å². The fraction of sp³-hybridized carbons (Fsp3) is 0.0833. The molecule has 5 nitrogen and oxygen atoms in total. The zero-order valence-electron chi connectivity index (χ0n) is 8.88. The van der Waals surface area contributed by atoms with Crippen molar-refractivity contribution < 1.29 is 4.74 Å². The Morgan fingerprint density at radius 1 is 1.35 bits per heavy atom. The van der Waals surface area contributed by atoms with Crippen LogP contribution in [0.3, 0.4) is 0 Å². The van der Waals surface area contributed by atoms with E-state index < -0.39 is 0 Å². The summed E-state index contributed by atoms with van der Waals surface area (Å²) in [5, 5.41) is 0.810. The van der Waals surface area contributed by atoms with Crippen LogP contribution in [0.1, 0.15) is 5.82 Å². The highest BCUT2D eigenvalue weighted by atomic mass is 16.5. The summed E-state index contributed by atoms with van der Waals surface area (Å²) in [6.45, 7) is 0.512. The molecule has 5 heteroatoms. The van der Waals surface area contributed by atoms with Crippen LogP contribution in [-0.2, 0) is 4.74 Å². The molecule has 0 amide bonds. The minimum absolute atomic E-state index is 0.168. The molecular weight excluding hydrogens is 218 g/mol. The Labute approximate surface area is 96.5 Å². The molecule has 84 valence electrons. The maximum absolute atomic E-state index is 11.2. The largest absolute Gasteiger partial charge is 0.497 e. The molecule has 0 aliphatic carbocycles. The van der Waals surface area contributed by atoms with Gasteiger partial charge in [0.05, 0.1) is 6.26 Å². The molecule has 3 heterocycles. The SMILES string of the molecule is O=c1ccc2cnc(C3=CCOC=C3)nc2[nH]1. The number of aromatic nitrogens is 3. The number of ether oxygens (including phenoxy) is 1. The Balaban J connectivity index is 2.15. The van der Waals surface area contributed by atoms with Gasteiger partial charge in [-0.1, -0.05) is 0 Å². The van der Waals surface area contributed by atoms with Crippen molar-refractivity contribution in [1.29, 1.82) is 0 Å². The molecule has 0 unspecified atom stereocenters. The summed E-state index contributed by atoms with van der Waals surface area (Å²) in [6.07, 6.45) is 6.99. The molecule has 0 fully saturated rings. The minimum atomic E-state index is -0.168. The van der Waals surface area contributed by atoms with E-state index in [4.69, 9.17) is 4.74 Å². The van der Waals surface area contributed by atoms with Crippen LogP contribution in [0.25, 0.3) is 16.6 Å². The number of allylic oxidation sites excluding steroid dienone is 2. The molecule has 0 radical (unpaired) electrons. The summed E-state index contributed by atoms with van der Waals surface area (Å²) in [7, 11) is 0. The van der Waals surface area contributed by atoms with E-state index in [0.717, 1.165) is 11.0 Å². The lowest BCUT2D eigenvalue weighted by Gasteiger charge is -2.07. The van der Waals surface area contributed by atoms with Gasteiger partial charge in [-0.2, -0.15) is 0 Å². The van der Waals surface area contributed by atoms with Crippen molar-refractivity contribution in [2.24, 2.45) is 0 Å². The third-order valence-corrected chi connectivity index (χ3v) is 2.47. The first-order valence-electron chi connectivity index (χ1n) is 5.18. The number of hydrogen-bond acceptors (Lipinski definition) is 4. The van der Waals surface area contributed by atoms with Gasteiger partial charge in [-0.3, -0.25) is 4.79 Å². The topological polar surface area (TPSA) is 67.9 Å². The highest BCUT2D eigenvalue weighted by molar-refractivity contribution is 5.77. The first kappa shape index (κ1) is 9.77. The highest BCUT2D eigenvalue weighted by Gasteiger charge is 2.06. The van der Waals surface area contributed by atoms with Gasteiger partial charge in [0, 0.05) is 23.2 Å². The Morgan fingerprint density at radius 2 is 2.29 bits per heavy atom. The normalized spacial score (nSPS) is 14.5. The van der Waals surface area contributed by atoms with E-state index in [2.05, 4.69) is 15.0 Å². The number of hydrogen-bond donors (Lipinski definition) is 1. The Hall–Kier alpha value is -2.43. The lowest BCUT2D eigenvalue weighted by molar-refractivity contribution is 0.287. The van der Waals surface area contributed by atoms with Crippen molar-refractivity contribution in [2.75, 3.05) is 6.61 Å². The molecule has 17 heavy (non-hydrogen) atoms. The quantitative estimate of drug-likeness (QED) is 0.796. The molecule has 0 aromatic carbocycles. The van der Waals surface area contributed by atoms with Gasteiger partial charge in [0.15, 0.2) is 5.82 Å². The van der Waals surface area contributed by atoms with Gasteiger partial charge in [0.25, 0.3) is 0 Å². The predicted octanol–water partition coefficient (Wildman–Crippen LogP) is 1.25. The maximum Gasteiger partial charge on any atom is 0.249 e. The predicted molar refractivity (Wildman–Crippen MR) is 63.2 cm³/mol. The standard InChI is InChI=1S/C12H9N3O2/c16-10-2-1-9-7-13-11(15-12(9)14-10)8-3-5-17-6-4-8/h1-5,7H,6H2,(H,13,14,15,16). The average molecular weight is 227 g/mol. The number of pyridine rings is 1. The van der Waals surface area contributed by atoms with Crippen molar-refractivity contribution >= 4 is 16.6 Å². The summed E-state index contributed by atoms with van der Waals surface area (Å²) >= 11 is 0. The van der Waals surface area contributed by atoms with Crippen LogP contribution >= 0.6 is 0 Å². The Morgan fingerprint density at radius 3 is 3.12 bits per heavy atom. The zero-order valence-corrected chi connectivity index (χ0v) is 8.88. The smallest absolute Gasteiger partial charge is 0.249 e. The Bertz CT molecular complexity index is 685. The third kappa shape index (κ3) is 1.82. The number of aromatic amines is 1. The molecular formula is C12H9N3O2. The van der Waals surface area contributed by atoms with Crippen molar-refractivity contribution in [3.63, 3.8) is 0 Å². The van der Waals surface area contributed by atoms with Gasteiger partial charge < -0.3 is 9.72 Å². The summed E-state index contributed by atoms with van der Waals surface area (Å²) in [6, 6.07) is 3.16. The summed E-state index contributed by atoms with van der Waals surface area (Å²) in [5.74, 6) is 0.582. The summed E-state index contributed by atoms with van der Waals surface area (Å²) in [4.78, 5) is 22.5. The van der Waals surface area contributed by atoms with Gasteiger partial charge in [0.2, 0.25) is 5.56 Å². The second-order valence-electron chi connectivity index (χ2n) is 3.62. The number of nitrogens with one attached hydrogen (secondary N) is 1. The van der Waals surface area contributed by atoms with E-state index >= 15 is 0 Å². The van der Waals surface area contributed by atoms with Crippen LogP contribution in [0.4, 0.5) is 0 Å². The fourth-order valence-corrected chi connectivity index (χ4v) is 1.62. The van der Waals surface area contributed by atoms with E-state index in [1.54, 1.807) is 24.6 Å². The van der Waals surface area contributed by atoms with Gasteiger partial charge >= 0.3 is 0 Å². The van der Waals surface area contributed by atoms with E-state index in [9.17, 15) is 4.79 Å². The van der Waals surface area contributed by atoms with Crippen LogP contribution < -0.4 is 5.56 Å². The maximum atomic E-state index is 11.2. The van der Waals surface area contributed by atoms with Crippen LogP contribution in [0, 0.1) is 0 Å². The monoisotopic (exact) mass is 227 g/mol. The second-order valence-corrected chi connectivity index (χ2v) is 3.62. The van der Waals surface area contributed by atoms with Crippen molar-refractivity contribution in [3.8, 4) is 0 Å². The van der Waals surface area contributed by atoms with E-state index in [1.165, 1.54) is 6.07 Å². The number of fused-ring (bicyclic) bond motifs is 1. The van der Waals surface area contributed by atoms with Gasteiger partial charge in [-0.25, -0.2) is 9.97 Å². The van der Waals surface area contributed by atoms with E-state index in [0.29, 0.717) is 18.1 Å². The average Bonchev–Trinajstić information content (AvgIpc) is 2.39. The van der Waals surface area contributed by atoms with Crippen LogP contribution in [0.2, 0.25) is 0 Å². The molecule has 2 aromatic heterocycles. The van der Waals surface area contributed by atoms with Crippen molar-refractivity contribution in [3.05, 3.63) is 52.9 Å². The van der Waals surface area contributed by atoms with Crippen LogP contribution in [0.5, 0.6) is 0 Å². The highest BCUT2D eigenvalue weighted by Crippen LogP contribution is 2.16. The first-order chi connectivity index (χ1) is 8.33. The molecule has 1 aliphatic heterocycles. The molecule has 0 spiro atoms. The molecule has 0 atom stereocenters. The zero-order chi connectivity index (χ0) is 11.7. The summed E-state index contributed by atoms with van der Waals surface area (Å²) in [5.41, 5.74) is 1.27. The van der Waals surface area contributed by atoms with Crippen LogP contribution in [-0.4, -0.2) is 21.6 Å². The lowest BCUT2D eigenvalue weighted by atomic mass is 10.2. The van der Waals surface area contributed by atoms with Crippen LogP contribution in [0.15, 0.2) is 41.5 Å². The second kappa shape index (κ2) is 3.86. The van der Waals surface area contributed by atoms with E-state index in [1.807, 2.05) is 6.08 Å². The molecule has 1 aliphatic rings. The van der Waals surface area contributed by atoms with E-state index in [-0.39, 0.29) is 5.56 Å². The fourth-order valence-electron chi connectivity index (χ4n) is 1.62. The first-order valence-corrected chi connectivity index (χ1v) is 5.18. The minimum Gasteiger partial charge on any atom is -0.497 e. The third-order valence-electron chi connectivity index (χ3n) is 2.47. The van der Waals surface area contributed by atoms with Gasteiger partial charge in [0.1, 0.15) is 12.3 Å². The molecule has 1 N–H and O–H groups in total.